The molecule has 94 valence electrons. The Kier molecular flexibility index (Phi) is 3.81. The smallest absolute Gasteiger partial charge is 0.229 e. The summed E-state index contributed by atoms with van der Waals surface area (Å²) in [6.07, 6.45) is 5.78. The van der Waals surface area contributed by atoms with Gasteiger partial charge in [-0.05, 0) is 26.0 Å². The monoisotopic (exact) mass is 234 g/mol. The summed E-state index contributed by atoms with van der Waals surface area (Å²) in [6.45, 7) is 13.9. The molecule has 1 aliphatic rings. The minimum absolute atomic E-state index is 0.00362. The normalized spacial score (nSPS) is 16.2. The molecule has 0 radical (unpaired) electrons. The lowest BCUT2D eigenvalue weighted by Gasteiger charge is -2.31. The second-order valence-electron chi connectivity index (χ2n) is 5.57. The Bertz CT molecular complexity index is 384. The van der Waals surface area contributed by atoms with E-state index in [9.17, 15) is 4.79 Å². The summed E-state index contributed by atoms with van der Waals surface area (Å²) in [5.74, 6) is 0.00362. The lowest BCUT2D eigenvalue weighted by molar-refractivity contribution is -0.127. The maximum atomic E-state index is 11.9. The van der Waals surface area contributed by atoms with Crippen molar-refractivity contribution in [3.05, 3.63) is 36.3 Å². The van der Waals surface area contributed by atoms with Crippen LogP contribution in [0.5, 0.6) is 0 Å². The Balaban J connectivity index is 2.80. The summed E-state index contributed by atoms with van der Waals surface area (Å²) in [5.41, 5.74) is 1.21. The number of hydrogen-bond donors (Lipinski definition) is 1. The van der Waals surface area contributed by atoms with Crippen LogP contribution in [-0.4, -0.2) is 16.8 Å². The van der Waals surface area contributed by atoms with Crippen LogP contribution in [0.25, 0.3) is 0 Å². The van der Waals surface area contributed by atoms with E-state index in [4.69, 9.17) is 0 Å². The van der Waals surface area contributed by atoms with Gasteiger partial charge in [-0.15, -0.1) is 0 Å². The van der Waals surface area contributed by atoms with Gasteiger partial charge in [-0.3, -0.25) is 4.79 Å². The third kappa shape index (κ3) is 3.22. The summed E-state index contributed by atoms with van der Waals surface area (Å²) >= 11 is 0. The molecule has 0 aromatic carbocycles. The van der Waals surface area contributed by atoms with Crippen LogP contribution in [0, 0.1) is 5.41 Å². The van der Waals surface area contributed by atoms with Gasteiger partial charge >= 0.3 is 0 Å². The van der Waals surface area contributed by atoms with Crippen molar-refractivity contribution in [3.63, 3.8) is 0 Å². The van der Waals surface area contributed by atoms with E-state index in [1.165, 1.54) is 0 Å². The first-order valence-electron chi connectivity index (χ1n) is 5.91. The standard InChI is InChI=1S/C14H22N2O/c1-10(2)16-9-7-8-12(11(16)3)15-13(17)14(4,5)6/h7-10H,3H2,1-2,4-6H3,(H,15,17). The van der Waals surface area contributed by atoms with Gasteiger partial charge < -0.3 is 10.2 Å². The number of hydrogen-bond acceptors (Lipinski definition) is 2. The van der Waals surface area contributed by atoms with Gasteiger partial charge in [0.2, 0.25) is 5.91 Å². The minimum Gasteiger partial charge on any atom is -0.344 e. The SMILES string of the molecule is C=C1C(NC(=O)C(C)(C)C)=CC=CN1C(C)C. The highest BCUT2D eigenvalue weighted by Crippen LogP contribution is 2.21. The van der Waals surface area contributed by atoms with Crippen LogP contribution in [0.15, 0.2) is 36.3 Å². The van der Waals surface area contributed by atoms with Crippen molar-refractivity contribution in [2.45, 2.75) is 40.7 Å². The average molecular weight is 234 g/mol. The molecule has 3 heteroatoms. The Morgan fingerprint density at radius 3 is 2.47 bits per heavy atom. The lowest BCUT2D eigenvalue weighted by Crippen LogP contribution is -2.38. The fourth-order valence-corrected chi connectivity index (χ4v) is 1.46. The van der Waals surface area contributed by atoms with Crippen molar-refractivity contribution in [2.75, 3.05) is 0 Å². The van der Waals surface area contributed by atoms with Crippen molar-refractivity contribution >= 4 is 5.91 Å². The maximum Gasteiger partial charge on any atom is 0.229 e. The molecule has 0 aromatic rings. The molecule has 1 heterocycles. The van der Waals surface area contributed by atoms with Crippen LogP contribution in [-0.2, 0) is 4.79 Å². The van der Waals surface area contributed by atoms with Gasteiger partial charge in [0.15, 0.2) is 0 Å². The first kappa shape index (κ1) is 13.6. The second-order valence-corrected chi connectivity index (χ2v) is 5.57. The van der Waals surface area contributed by atoms with Gasteiger partial charge in [-0.25, -0.2) is 0 Å². The van der Waals surface area contributed by atoms with Crippen molar-refractivity contribution in [1.82, 2.24) is 10.2 Å². The summed E-state index contributed by atoms with van der Waals surface area (Å²) < 4.78 is 0. The summed E-state index contributed by atoms with van der Waals surface area (Å²) in [7, 11) is 0. The molecule has 3 nitrogen and oxygen atoms in total. The molecule has 0 aromatic heterocycles. The summed E-state index contributed by atoms with van der Waals surface area (Å²) in [4.78, 5) is 14.0. The molecule has 0 aliphatic carbocycles. The maximum absolute atomic E-state index is 11.9. The van der Waals surface area contributed by atoms with E-state index in [0.717, 1.165) is 11.4 Å². The van der Waals surface area contributed by atoms with Gasteiger partial charge in [0, 0.05) is 17.7 Å². The van der Waals surface area contributed by atoms with Crippen molar-refractivity contribution < 1.29 is 4.79 Å². The summed E-state index contributed by atoms with van der Waals surface area (Å²) in [6, 6.07) is 0.328. The van der Waals surface area contributed by atoms with Gasteiger partial charge in [-0.2, -0.15) is 0 Å². The van der Waals surface area contributed by atoms with E-state index in [0.29, 0.717) is 6.04 Å². The van der Waals surface area contributed by atoms with Crippen LogP contribution in [0.3, 0.4) is 0 Å². The molecule has 1 N–H and O–H groups in total. The second kappa shape index (κ2) is 4.78. The third-order valence-electron chi connectivity index (χ3n) is 2.62. The third-order valence-corrected chi connectivity index (χ3v) is 2.62. The van der Waals surface area contributed by atoms with E-state index in [1.807, 2.05) is 44.0 Å². The Morgan fingerprint density at radius 2 is 2.00 bits per heavy atom. The zero-order valence-corrected chi connectivity index (χ0v) is 11.4. The highest BCUT2D eigenvalue weighted by atomic mass is 16.2. The lowest BCUT2D eigenvalue weighted by atomic mass is 9.95. The number of nitrogens with zero attached hydrogens (tertiary/aromatic N) is 1. The number of carbonyl (C=O) groups is 1. The van der Waals surface area contributed by atoms with E-state index in [2.05, 4.69) is 25.7 Å². The van der Waals surface area contributed by atoms with Crippen molar-refractivity contribution in [3.8, 4) is 0 Å². The van der Waals surface area contributed by atoms with E-state index >= 15 is 0 Å². The van der Waals surface area contributed by atoms with Crippen LogP contribution in [0.2, 0.25) is 0 Å². The zero-order chi connectivity index (χ0) is 13.2. The molecule has 0 fully saturated rings. The van der Waals surface area contributed by atoms with E-state index in [-0.39, 0.29) is 5.91 Å². The topological polar surface area (TPSA) is 32.3 Å². The van der Waals surface area contributed by atoms with Crippen LogP contribution >= 0.6 is 0 Å². The Hall–Kier alpha value is -1.51. The minimum atomic E-state index is -0.398. The number of nitrogens with one attached hydrogen (secondary N) is 1. The summed E-state index contributed by atoms with van der Waals surface area (Å²) in [5, 5.41) is 2.92. The Morgan fingerprint density at radius 1 is 1.41 bits per heavy atom. The number of carbonyl (C=O) groups excluding carboxylic acids is 1. The van der Waals surface area contributed by atoms with Gasteiger partial charge in [-0.1, -0.05) is 27.4 Å². The number of amides is 1. The fourth-order valence-electron chi connectivity index (χ4n) is 1.46. The van der Waals surface area contributed by atoms with Crippen LogP contribution < -0.4 is 5.32 Å². The zero-order valence-electron chi connectivity index (χ0n) is 11.4. The quantitative estimate of drug-likeness (QED) is 0.797. The number of rotatable bonds is 2. The highest BCUT2D eigenvalue weighted by molar-refractivity contribution is 5.83. The van der Waals surface area contributed by atoms with Crippen molar-refractivity contribution in [1.29, 1.82) is 0 Å². The largest absolute Gasteiger partial charge is 0.344 e. The molecule has 0 saturated heterocycles. The molecule has 17 heavy (non-hydrogen) atoms. The first-order valence-corrected chi connectivity index (χ1v) is 5.91. The molecule has 0 unspecified atom stereocenters. The van der Waals surface area contributed by atoms with Crippen LogP contribution in [0.1, 0.15) is 34.6 Å². The average Bonchev–Trinajstić information content (AvgIpc) is 2.19. The molecule has 0 spiro atoms. The molecule has 0 atom stereocenters. The molecule has 1 rings (SSSR count). The molecular weight excluding hydrogens is 212 g/mol. The van der Waals surface area contributed by atoms with Crippen LogP contribution in [0.4, 0.5) is 0 Å². The Labute approximate surface area is 104 Å². The number of allylic oxidation sites excluding steroid dienone is 2. The van der Waals surface area contributed by atoms with E-state index < -0.39 is 5.41 Å². The molecule has 0 bridgehead atoms. The van der Waals surface area contributed by atoms with Gasteiger partial charge in [0.05, 0.1) is 11.4 Å². The van der Waals surface area contributed by atoms with Gasteiger partial charge in [0.1, 0.15) is 0 Å². The molecular formula is C14H22N2O. The predicted octanol–water partition coefficient (Wildman–Crippen LogP) is 2.78. The molecule has 1 amide bonds. The first-order chi connectivity index (χ1) is 7.73. The highest BCUT2D eigenvalue weighted by Gasteiger charge is 2.24. The molecule has 1 aliphatic heterocycles. The van der Waals surface area contributed by atoms with Crippen molar-refractivity contribution in [2.24, 2.45) is 5.41 Å². The van der Waals surface area contributed by atoms with E-state index in [1.54, 1.807) is 0 Å². The predicted molar refractivity (Wildman–Crippen MR) is 70.9 cm³/mol. The van der Waals surface area contributed by atoms with Gasteiger partial charge in [0.25, 0.3) is 0 Å². The molecule has 0 saturated carbocycles. The fraction of sp³-hybridized carbons (Fsp3) is 0.500.